The largest absolute Gasteiger partial charge is 0.345 e. The van der Waals surface area contributed by atoms with E-state index in [1.54, 1.807) is 24.3 Å². The Labute approximate surface area is 125 Å². The highest BCUT2D eigenvalue weighted by Gasteiger charge is 2.10. The molecule has 0 bridgehead atoms. The first-order chi connectivity index (χ1) is 10.1. The highest BCUT2D eigenvalue weighted by Crippen LogP contribution is 2.14. The Morgan fingerprint density at radius 1 is 0.905 bits per heavy atom. The number of carbonyl (C=O) groups is 2. The molecule has 0 aliphatic rings. The van der Waals surface area contributed by atoms with Crippen LogP contribution < -0.4 is 5.32 Å². The maximum atomic E-state index is 12.0. The lowest BCUT2D eigenvalue weighted by molar-refractivity contribution is 0.0904. The fraction of sp³-hybridized carbons (Fsp3) is 0.222. The minimum atomic E-state index is -0.234. The van der Waals surface area contributed by atoms with Gasteiger partial charge >= 0.3 is 0 Å². The molecule has 0 heterocycles. The molecule has 108 valence electrons. The number of amides is 1. The van der Waals surface area contributed by atoms with Crippen molar-refractivity contribution in [2.75, 3.05) is 6.54 Å². The molecule has 2 aromatic carbocycles. The zero-order chi connectivity index (χ0) is 15.2. The zero-order valence-electron chi connectivity index (χ0n) is 12.3. The second kappa shape index (κ2) is 6.84. The van der Waals surface area contributed by atoms with Crippen LogP contribution in [0.15, 0.2) is 54.6 Å². The summed E-state index contributed by atoms with van der Waals surface area (Å²) in [5.41, 5.74) is 2.37. The minimum absolute atomic E-state index is 0.00868. The fourth-order valence-electron chi connectivity index (χ4n) is 2.01. The van der Waals surface area contributed by atoms with E-state index in [-0.39, 0.29) is 18.2 Å². The van der Waals surface area contributed by atoms with E-state index in [4.69, 9.17) is 0 Å². The van der Waals surface area contributed by atoms with Crippen LogP contribution in [-0.4, -0.2) is 18.2 Å². The second-order valence-corrected chi connectivity index (χ2v) is 5.25. The third kappa shape index (κ3) is 4.02. The van der Waals surface area contributed by atoms with Gasteiger partial charge in [-0.15, -0.1) is 0 Å². The number of hydrogen-bond acceptors (Lipinski definition) is 2. The summed E-state index contributed by atoms with van der Waals surface area (Å²) >= 11 is 0. The zero-order valence-corrected chi connectivity index (χ0v) is 12.3. The van der Waals surface area contributed by atoms with E-state index in [0.29, 0.717) is 17.0 Å². The van der Waals surface area contributed by atoms with E-state index in [2.05, 4.69) is 19.2 Å². The van der Waals surface area contributed by atoms with Crippen LogP contribution in [0, 0.1) is 0 Å². The normalized spacial score (nSPS) is 10.4. The lowest BCUT2D eigenvalue weighted by atomic mass is 10.0. The first kappa shape index (κ1) is 15.0. The fourth-order valence-corrected chi connectivity index (χ4v) is 2.01. The average molecular weight is 281 g/mol. The van der Waals surface area contributed by atoms with E-state index in [9.17, 15) is 9.59 Å². The van der Waals surface area contributed by atoms with Gasteiger partial charge in [-0.25, -0.2) is 0 Å². The van der Waals surface area contributed by atoms with E-state index < -0.39 is 0 Å². The van der Waals surface area contributed by atoms with Crippen molar-refractivity contribution in [2.45, 2.75) is 19.8 Å². The predicted molar refractivity (Wildman–Crippen MR) is 83.6 cm³/mol. The third-order valence-electron chi connectivity index (χ3n) is 3.34. The maximum absolute atomic E-state index is 12.0. The molecule has 0 saturated heterocycles. The molecule has 0 fully saturated rings. The number of ketones is 1. The topological polar surface area (TPSA) is 46.2 Å². The van der Waals surface area contributed by atoms with Crippen LogP contribution in [0.4, 0.5) is 0 Å². The quantitative estimate of drug-likeness (QED) is 0.853. The van der Waals surface area contributed by atoms with Crippen LogP contribution >= 0.6 is 0 Å². The summed E-state index contributed by atoms with van der Waals surface area (Å²) in [6, 6.07) is 16.4. The Kier molecular flexibility index (Phi) is 4.88. The summed E-state index contributed by atoms with van der Waals surface area (Å²) in [6.45, 7) is 4.22. The number of hydrogen-bond donors (Lipinski definition) is 1. The third-order valence-corrected chi connectivity index (χ3v) is 3.34. The first-order valence-electron chi connectivity index (χ1n) is 7.04. The van der Waals surface area contributed by atoms with Crippen molar-refractivity contribution in [1.82, 2.24) is 5.32 Å². The molecule has 0 saturated carbocycles. The van der Waals surface area contributed by atoms with Gasteiger partial charge in [0.05, 0.1) is 6.54 Å². The molecule has 21 heavy (non-hydrogen) atoms. The molecule has 2 aromatic rings. The van der Waals surface area contributed by atoms with Crippen LogP contribution in [0.25, 0.3) is 0 Å². The number of benzene rings is 2. The molecule has 0 unspecified atom stereocenters. The number of rotatable bonds is 5. The van der Waals surface area contributed by atoms with Crippen molar-refractivity contribution >= 4 is 11.7 Å². The molecule has 0 aliphatic carbocycles. The molecule has 0 aromatic heterocycles. The summed E-state index contributed by atoms with van der Waals surface area (Å²) in [4.78, 5) is 23.9. The average Bonchev–Trinajstić information content (AvgIpc) is 2.53. The highest BCUT2D eigenvalue weighted by atomic mass is 16.2. The minimum Gasteiger partial charge on any atom is -0.345 e. The van der Waals surface area contributed by atoms with Crippen LogP contribution in [0.2, 0.25) is 0 Å². The smallest absolute Gasteiger partial charge is 0.251 e. The standard InChI is InChI=1S/C18H19NO2/c1-13(2)14-8-10-15(11-9-14)17(20)12-19-18(21)16-6-4-3-5-7-16/h3-11,13H,12H2,1-2H3,(H,19,21). The number of carbonyl (C=O) groups excluding carboxylic acids is 2. The van der Waals surface area contributed by atoms with Crippen LogP contribution in [0.1, 0.15) is 46.0 Å². The first-order valence-corrected chi connectivity index (χ1v) is 7.04. The Morgan fingerprint density at radius 3 is 2.10 bits per heavy atom. The monoisotopic (exact) mass is 281 g/mol. The van der Waals surface area contributed by atoms with Crippen molar-refractivity contribution in [3.63, 3.8) is 0 Å². The Hall–Kier alpha value is -2.42. The molecule has 1 amide bonds. The maximum Gasteiger partial charge on any atom is 0.251 e. The van der Waals surface area contributed by atoms with E-state index in [1.165, 1.54) is 5.56 Å². The lowest BCUT2D eigenvalue weighted by Gasteiger charge is -2.07. The molecule has 3 nitrogen and oxygen atoms in total. The van der Waals surface area contributed by atoms with Crippen molar-refractivity contribution in [3.8, 4) is 0 Å². The van der Waals surface area contributed by atoms with E-state index in [0.717, 1.165) is 0 Å². The second-order valence-electron chi connectivity index (χ2n) is 5.25. The van der Waals surface area contributed by atoms with Crippen molar-refractivity contribution in [3.05, 3.63) is 71.3 Å². The molecule has 1 N–H and O–H groups in total. The van der Waals surface area contributed by atoms with Gasteiger partial charge in [-0.3, -0.25) is 9.59 Å². The van der Waals surface area contributed by atoms with E-state index >= 15 is 0 Å². The predicted octanol–water partition coefficient (Wildman–Crippen LogP) is 3.42. The molecule has 3 heteroatoms. The molecule has 0 radical (unpaired) electrons. The van der Waals surface area contributed by atoms with Gasteiger partial charge in [0.15, 0.2) is 5.78 Å². The van der Waals surface area contributed by atoms with E-state index in [1.807, 2.05) is 30.3 Å². The highest BCUT2D eigenvalue weighted by molar-refractivity contribution is 6.02. The van der Waals surface area contributed by atoms with Gasteiger partial charge in [0.1, 0.15) is 0 Å². The molecular weight excluding hydrogens is 262 g/mol. The SMILES string of the molecule is CC(C)c1ccc(C(=O)CNC(=O)c2ccccc2)cc1. The Balaban J connectivity index is 1.94. The van der Waals surface area contributed by atoms with Crippen LogP contribution in [0.5, 0.6) is 0 Å². The number of Topliss-reactive ketones (excluding diaryl/α,β-unsaturated/α-hetero) is 1. The Bertz CT molecular complexity index is 615. The number of nitrogens with one attached hydrogen (secondary N) is 1. The van der Waals surface area contributed by atoms with Gasteiger partial charge in [0.25, 0.3) is 5.91 Å². The summed E-state index contributed by atoms with van der Waals surface area (Å²) < 4.78 is 0. The molecular formula is C18H19NO2. The summed E-state index contributed by atoms with van der Waals surface area (Å²) in [6.07, 6.45) is 0. The summed E-state index contributed by atoms with van der Waals surface area (Å²) in [7, 11) is 0. The molecule has 0 spiro atoms. The van der Waals surface area contributed by atoms with Gasteiger partial charge in [-0.1, -0.05) is 56.3 Å². The summed E-state index contributed by atoms with van der Waals surface area (Å²) in [5, 5.41) is 2.65. The van der Waals surface area contributed by atoms with Crippen molar-refractivity contribution in [1.29, 1.82) is 0 Å². The Morgan fingerprint density at radius 2 is 1.52 bits per heavy atom. The van der Waals surface area contributed by atoms with Crippen LogP contribution in [-0.2, 0) is 0 Å². The van der Waals surface area contributed by atoms with Gasteiger partial charge in [0, 0.05) is 11.1 Å². The molecule has 2 rings (SSSR count). The summed E-state index contributed by atoms with van der Waals surface area (Å²) in [5.74, 6) is 0.115. The van der Waals surface area contributed by atoms with Gasteiger partial charge < -0.3 is 5.32 Å². The van der Waals surface area contributed by atoms with Crippen LogP contribution in [0.3, 0.4) is 0 Å². The lowest BCUT2D eigenvalue weighted by Crippen LogP contribution is -2.29. The van der Waals surface area contributed by atoms with Gasteiger partial charge in [-0.2, -0.15) is 0 Å². The van der Waals surface area contributed by atoms with Gasteiger partial charge in [-0.05, 0) is 23.6 Å². The van der Waals surface area contributed by atoms with Gasteiger partial charge in [0.2, 0.25) is 0 Å². The molecule has 0 aliphatic heterocycles. The molecule has 0 atom stereocenters. The van der Waals surface area contributed by atoms with Crippen molar-refractivity contribution in [2.24, 2.45) is 0 Å². The van der Waals surface area contributed by atoms with Crippen molar-refractivity contribution < 1.29 is 9.59 Å².